The van der Waals surface area contributed by atoms with E-state index in [1.807, 2.05) is 19.1 Å². The van der Waals surface area contributed by atoms with Crippen molar-refractivity contribution in [1.82, 2.24) is 0 Å². The minimum atomic E-state index is -0.611. The van der Waals surface area contributed by atoms with Gasteiger partial charge in [-0.1, -0.05) is 12.1 Å². The van der Waals surface area contributed by atoms with Gasteiger partial charge in [0.25, 0.3) is 0 Å². The van der Waals surface area contributed by atoms with Crippen LogP contribution in [0, 0.1) is 11.3 Å². The maximum absolute atomic E-state index is 11.4. The Balaban J connectivity index is 2.33. The Hall–Kier alpha value is -2.08. The van der Waals surface area contributed by atoms with Gasteiger partial charge in [-0.2, -0.15) is 5.26 Å². The van der Waals surface area contributed by atoms with E-state index < -0.39 is 5.60 Å². The molecule has 1 aromatic carbocycles. The zero-order valence-electron chi connectivity index (χ0n) is 8.93. The molecule has 0 amide bonds. The fraction of sp³-hybridized carbons (Fsp3) is 0.231. The van der Waals surface area contributed by atoms with Gasteiger partial charge in [0.2, 0.25) is 0 Å². The van der Waals surface area contributed by atoms with Crippen LogP contribution >= 0.6 is 0 Å². The summed E-state index contributed by atoms with van der Waals surface area (Å²) in [6.07, 6.45) is 3.20. The third-order valence-electron chi connectivity index (χ3n) is 2.72. The zero-order valence-corrected chi connectivity index (χ0v) is 8.93. The molecule has 0 N–H and O–H groups in total. The Labute approximate surface area is 94.0 Å². The first-order valence-corrected chi connectivity index (χ1v) is 5.02. The number of allylic oxidation sites excluding steroid dienone is 1. The van der Waals surface area contributed by atoms with Gasteiger partial charge in [-0.05, 0) is 24.6 Å². The molecule has 0 saturated carbocycles. The normalized spacial score (nSPS) is 23.6. The molecule has 0 radical (unpaired) electrons. The van der Waals surface area contributed by atoms with Crippen LogP contribution in [0.15, 0.2) is 36.6 Å². The quantitative estimate of drug-likeness (QED) is 0.719. The highest BCUT2D eigenvalue weighted by atomic mass is 16.5. The van der Waals surface area contributed by atoms with E-state index in [1.54, 1.807) is 12.1 Å². The largest absolute Gasteiger partial charge is 0.490 e. The van der Waals surface area contributed by atoms with Crippen LogP contribution < -0.4 is 0 Å². The summed E-state index contributed by atoms with van der Waals surface area (Å²) in [5.74, 6) is 0.0538. The van der Waals surface area contributed by atoms with Crippen LogP contribution in [0.25, 0.3) is 0 Å². The van der Waals surface area contributed by atoms with E-state index in [2.05, 4.69) is 6.07 Å². The number of hydrogen-bond acceptors (Lipinski definition) is 3. The Kier molecular flexibility index (Phi) is 2.49. The molecular formula is C13H11NO2. The molecule has 1 aromatic rings. The van der Waals surface area contributed by atoms with Gasteiger partial charge in [-0.15, -0.1) is 0 Å². The Bertz CT molecular complexity index is 482. The maximum atomic E-state index is 11.4. The van der Waals surface area contributed by atoms with Crippen molar-refractivity contribution in [1.29, 1.82) is 5.26 Å². The number of nitrogens with zero attached hydrogens (tertiary/aromatic N) is 1. The van der Waals surface area contributed by atoms with E-state index in [0.717, 1.165) is 5.56 Å². The number of ether oxygens (including phenoxy) is 1. The molecule has 0 saturated heterocycles. The number of ketones is 1. The van der Waals surface area contributed by atoms with Crippen LogP contribution in [-0.2, 0) is 15.1 Å². The monoisotopic (exact) mass is 213 g/mol. The van der Waals surface area contributed by atoms with Gasteiger partial charge in [0.05, 0.1) is 24.3 Å². The fourth-order valence-electron chi connectivity index (χ4n) is 1.76. The minimum Gasteiger partial charge on any atom is -0.490 e. The summed E-state index contributed by atoms with van der Waals surface area (Å²) >= 11 is 0. The number of hydrogen-bond donors (Lipinski definition) is 0. The maximum Gasteiger partial charge on any atom is 0.163 e. The summed E-state index contributed by atoms with van der Waals surface area (Å²) in [6.45, 7) is 1.87. The number of rotatable bonds is 1. The van der Waals surface area contributed by atoms with Gasteiger partial charge in [0.15, 0.2) is 5.78 Å². The van der Waals surface area contributed by atoms with Gasteiger partial charge in [0.1, 0.15) is 5.60 Å². The summed E-state index contributed by atoms with van der Waals surface area (Å²) in [6, 6.07) is 9.16. The highest BCUT2D eigenvalue weighted by Crippen LogP contribution is 2.32. The first-order valence-electron chi connectivity index (χ1n) is 5.02. The summed E-state index contributed by atoms with van der Waals surface area (Å²) < 4.78 is 5.51. The van der Waals surface area contributed by atoms with Crippen LogP contribution in [0.2, 0.25) is 0 Å². The SMILES string of the molecule is CC1(c2ccc(C#N)cc2)CC(=O)C=CO1. The molecule has 0 aliphatic carbocycles. The predicted octanol–water partition coefficient (Wildman–Crippen LogP) is 2.28. The van der Waals surface area contributed by atoms with E-state index >= 15 is 0 Å². The second kappa shape index (κ2) is 3.82. The lowest BCUT2D eigenvalue weighted by molar-refractivity contribution is -0.122. The highest BCUT2D eigenvalue weighted by molar-refractivity contribution is 5.91. The second-order valence-corrected chi connectivity index (χ2v) is 3.98. The van der Waals surface area contributed by atoms with Crippen molar-refractivity contribution in [3.63, 3.8) is 0 Å². The molecule has 0 aromatic heterocycles. The van der Waals surface area contributed by atoms with Crippen molar-refractivity contribution in [3.05, 3.63) is 47.7 Å². The van der Waals surface area contributed by atoms with Gasteiger partial charge in [0, 0.05) is 6.08 Å². The predicted molar refractivity (Wildman–Crippen MR) is 58.4 cm³/mol. The lowest BCUT2D eigenvalue weighted by atomic mass is 9.88. The first kappa shape index (κ1) is 10.4. The summed E-state index contributed by atoms with van der Waals surface area (Å²) in [7, 11) is 0. The van der Waals surface area contributed by atoms with Crippen molar-refractivity contribution in [2.24, 2.45) is 0 Å². The van der Waals surface area contributed by atoms with E-state index in [9.17, 15) is 4.79 Å². The number of carbonyl (C=O) groups is 1. The van der Waals surface area contributed by atoms with Crippen molar-refractivity contribution < 1.29 is 9.53 Å². The Morgan fingerprint density at radius 2 is 2.06 bits per heavy atom. The van der Waals surface area contributed by atoms with Gasteiger partial charge >= 0.3 is 0 Å². The lowest BCUT2D eigenvalue weighted by Crippen LogP contribution is -2.29. The molecular weight excluding hydrogens is 202 g/mol. The molecule has 0 bridgehead atoms. The van der Waals surface area contributed by atoms with E-state index in [1.165, 1.54) is 12.3 Å². The molecule has 1 aliphatic rings. The molecule has 1 unspecified atom stereocenters. The molecule has 0 spiro atoms. The Morgan fingerprint density at radius 1 is 1.38 bits per heavy atom. The number of benzene rings is 1. The minimum absolute atomic E-state index is 0.0538. The molecule has 3 nitrogen and oxygen atoms in total. The molecule has 1 heterocycles. The van der Waals surface area contributed by atoms with Gasteiger partial charge in [-0.3, -0.25) is 4.79 Å². The van der Waals surface area contributed by atoms with Crippen molar-refractivity contribution >= 4 is 5.78 Å². The fourth-order valence-corrected chi connectivity index (χ4v) is 1.76. The molecule has 1 aliphatic heterocycles. The second-order valence-electron chi connectivity index (χ2n) is 3.98. The third kappa shape index (κ3) is 1.82. The van der Waals surface area contributed by atoms with Crippen LogP contribution in [0.4, 0.5) is 0 Å². The topological polar surface area (TPSA) is 50.1 Å². The van der Waals surface area contributed by atoms with Crippen LogP contribution in [0.5, 0.6) is 0 Å². The zero-order chi connectivity index (χ0) is 11.6. The summed E-state index contributed by atoms with van der Waals surface area (Å²) in [4.78, 5) is 11.4. The molecule has 2 rings (SSSR count). The summed E-state index contributed by atoms with van der Waals surface area (Å²) in [5, 5.41) is 8.70. The van der Waals surface area contributed by atoms with Gasteiger partial charge in [-0.25, -0.2) is 0 Å². The summed E-state index contributed by atoms with van der Waals surface area (Å²) in [5.41, 5.74) is 0.897. The number of nitriles is 1. The van der Waals surface area contributed by atoms with E-state index in [4.69, 9.17) is 10.00 Å². The molecule has 1 atom stereocenters. The highest BCUT2D eigenvalue weighted by Gasteiger charge is 2.32. The van der Waals surface area contributed by atoms with Crippen LogP contribution in [0.1, 0.15) is 24.5 Å². The lowest BCUT2D eigenvalue weighted by Gasteiger charge is -2.31. The van der Waals surface area contributed by atoms with Gasteiger partial charge < -0.3 is 4.74 Å². The third-order valence-corrected chi connectivity index (χ3v) is 2.72. The average molecular weight is 213 g/mol. The van der Waals surface area contributed by atoms with Crippen LogP contribution in [-0.4, -0.2) is 5.78 Å². The number of carbonyl (C=O) groups excluding carboxylic acids is 1. The molecule has 80 valence electrons. The Morgan fingerprint density at radius 3 is 2.62 bits per heavy atom. The molecule has 3 heteroatoms. The standard InChI is InChI=1S/C13H11NO2/c1-13(8-12(15)6-7-16-13)11-4-2-10(9-14)3-5-11/h2-7H,8H2,1H3. The molecule has 16 heavy (non-hydrogen) atoms. The van der Waals surface area contributed by atoms with E-state index in [0.29, 0.717) is 12.0 Å². The van der Waals surface area contributed by atoms with Crippen molar-refractivity contribution in [2.75, 3.05) is 0 Å². The van der Waals surface area contributed by atoms with E-state index in [-0.39, 0.29) is 5.78 Å². The van der Waals surface area contributed by atoms with Crippen LogP contribution in [0.3, 0.4) is 0 Å². The molecule has 0 fully saturated rings. The van der Waals surface area contributed by atoms with Crippen molar-refractivity contribution in [3.8, 4) is 6.07 Å². The van der Waals surface area contributed by atoms with Crippen molar-refractivity contribution in [2.45, 2.75) is 18.9 Å². The smallest absolute Gasteiger partial charge is 0.163 e. The average Bonchev–Trinajstić information content (AvgIpc) is 2.29. The first-order chi connectivity index (χ1) is 7.64.